The summed E-state index contributed by atoms with van der Waals surface area (Å²) >= 11 is 0. The molecule has 0 amide bonds. The molecule has 0 aliphatic carbocycles. The molecule has 0 radical (unpaired) electrons. The Balaban J connectivity index is 1.64. The highest BCUT2D eigenvalue weighted by molar-refractivity contribution is 5.02. The smallest absolute Gasteiger partial charge is 0.0541 e. The average molecular weight is 247 g/mol. The SMILES string of the molecule is CC1CCN(CCNCc2ccccn2)C(C)C1. The number of nitrogens with one attached hydrogen (secondary N) is 1. The summed E-state index contributed by atoms with van der Waals surface area (Å²) in [6.07, 6.45) is 4.55. The summed E-state index contributed by atoms with van der Waals surface area (Å²) in [6, 6.07) is 6.81. The van der Waals surface area contributed by atoms with Gasteiger partial charge in [0.15, 0.2) is 0 Å². The molecule has 3 heteroatoms. The first kappa shape index (κ1) is 13.5. The number of pyridine rings is 1. The van der Waals surface area contributed by atoms with Crippen molar-refractivity contribution in [1.82, 2.24) is 15.2 Å². The summed E-state index contributed by atoms with van der Waals surface area (Å²) in [4.78, 5) is 6.91. The van der Waals surface area contributed by atoms with Gasteiger partial charge >= 0.3 is 0 Å². The van der Waals surface area contributed by atoms with Crippen molar-refractivity contribution in [2.45, 2.75) is 39.3 Å². The van der Waals surface area contributed by atoms with Gasteiger partial charge in [-0.3, -0.25) is 9.88 Å². The van der Waals surface area contributed by atoms with Gasteiger partial charge in [-0.25, -0.2) is 0 Å². The molecule has 0 spiro atoms. The Hall–Kier alpha value is -0.930. The molecular formula is C15H25N3. The summed E-state index contributed by atoms with van der Waals surface area (Å²) in [5.41, 5.74) is 1.12. The maximum absolute atomic E-state index is 4.31. The topological polar surface area (TPSA) is 28.2 Å². The molecule has 100 valence electrons. The summed E-state index contributed by atoms with van der Waals surface area (Å²) in [5.74, 6) is 0.901. The molecule has 0 aromatic carbocycles. The Bertz CT molecular complexity index is 339. The van der Waals surface area contributed by atoms with E-state index in [1.54, 1.807) is 0 Å². The number of aromatic nitrogens is 1. The van der Waals surface area contributed by atoms with Gasteiger partial charge in [-0.1, -0.05) is 13.0 Å². The molecule has 1 aliphatic heterocycles. The van der Waals surface area contributed by atoms with Crippen LogP contribution >= 0.6 is 0 Å². The lowest BCUT2D eigenvalue weighted by atomic mass is 9.93. The third kappa shape index (κ3) is 4.07. The molecule has 18 heavy (non-hydrogen) atoms. The fraction of sp³-hybridized carbons (Fsp3) is 0.667. The zero-order valence-corrected chi connectivity index (χ0v) is 11.6. The molecule has 1 saturated heterocycles. The van der Waals surface area contributed by atoms with Crippen molar-refractivity contribution >= 4 is 0 Å². The molecule has 2 heterocycles. The van der Waals surface area contributed by atoms with Gasteiger partial charge < -0.3 is 5.32 Å². The number of nitrogens with zero attached hydrogens (tertiary/aromatic N) is 2. The van der Waals surface area contributed by atoms with Gasteiger partial charge in [0.1, 0.15) is 0 Å². The van der Waals surface area contributed by atoms with Crippen LogP contribution < -0.4 is 5.32 Å². The van der Waals surface area contributed by atoms with Crippen molar-refractivity contribution in [3.63, 3.8) is 0 Å². The molecule has 2 unspecified atom stereocenters. The summed E-state index contributed by atoms with van der Waals surface area (Å²) in [7, 11) is 0. The normalized spacial score (nSPS) is 25.2. The van der Waals surface area contributed by atoms with Gasteiger partial charge in [-0.05, 0) is 44.4 Å². The van der Waals surface area contributed by atoms with Gasteiger partial charge in [0.05, 0.1) is 5.69 Å². The highest BCUT2D eigenvalue weighted by atomic mass is 15.2. The van der Waals surface area contributed by atoms with E-state index >= 15 is 0 Å². The molecule has 3 nitrogen and oxygen atoms in total. The Kier molecular flexibility index (Phi) is 5.14. The largest absolute Gasteiger partial charge is 0.310 e. The first-order chi connectivity index (χ1) is 8.75. The maximum Gasteiger partial charge on any atom is 0.0541 e. The van der Waals surface area contributed by atoms with Crippen LogP contribution in [-0.4, -0.2) is 35.6 Å². The van der Waals surface area contributed by atoms with Crippen LogP contribution in [0.5, 0.6) is 0 Å². The molecule has 0 saturated carbocycles. The van der Waals surface area contributed by atoms with Gasteiger partial charge in [0.25, 0.3) is 0 Å². The minimum Gasteiger partial charge on any atom is -0.310 e. The van der Waals surface area contributed by atoms with E-state index in [2.05, 4.69) is 35.1 Å². The van der Waals surface area contributed by atoms with Crippen LogP contribution in [0.2, 0.25) is 0 Å². The van der Waals surface area contributed by atoms with Crippen molar-refractivity contribution in [1.29, 1.82) is 0 Å². The van der Waals surface area contributed by atoms with E-state index in [-0.39, 0.29) is 0 Å². The van der Waals surface area contributed by atoms with Crippen molar-refractivity contribution < 1.29 is 0 Å². The van der Waals surface area contributed by atoms with Crippen LogP contribution in [0, 0.1) is 5.92 Å². The molecular weight excluding hydrogens is 222 g/mol. The molecule has 1 aliphatic rings. The highest BCUT2D eigenvalue weighted by Gasteiger charge is 2.21. The average Bonchev–Trinajstić information content (AvgIpc) is 2.38. The van der Waals surface area contributed by atoms with Gasteiger partial charge in [-0.15, -0.1) is 0 Å². The van der Waals surface area contributed by atoms with Crippen LogP contribution in [0.25, 0.3) is 0 Å². The fourth-order valence-electron chi connectivity index (χ4n) is 2.73. The molecule has 1 aromatic rings. The van der Waals surface area contributed by atoms with Gasteiger partial charge in [0, 0.05) is 31.9 Å². The van der Waals surface area contributed by atoms with Gasteiger partial charge in [0.2, 0.25) is 0 Å². The lowest BCUT2D eigenvalue weighted by Gasteiger charge is -2.36. The quantitative estimate of drug-likeness (QED) is 0.809. The number of likely N-dealkylation sites (tertiary alicyclic amines) is 1. The van der Waals surface area contributed by atoms with E-state index in [1.165, 1.54) is 19.4 Å². The third-order valence-corrected chi connectivity index (χ3v) is 3.88. The number of hydrogen-bond acceptors (Lipinski definition) is 3. The van der Waals surface area contributed by atoms with E-state index in [0.717, 1.165) is 37.3 Å². The Morgan fingerprint density at radius 3 is 3.00 bits per heavy atom. The standard InChI is InChI=1S/C15H25N3/c1-13-6-9-18(14(2)11-13)10-8-16-12-15-5-3-4-7-17-15/h3-5,7,13-14,16H,6,8-12H2,1-2H3. The lowest BCUT2D eigenvalue weighted by Crippen LogP contribution is -2.43. The van der Waals surface area contributed by atoms with E-state index in [9.17, 15) is 0 Å². The Morgan fingerprint density at radius 2 is 2.28 bits per heavy atom. The van der Waals surface area contributed by atoms with Crippen molar-refractivity contribution in [2.24, 2.45) is 5.92 Å². The monoisotopic (exact) mass is 247 g/mol. The number of piperidine rings is 1. The summed E-state index contributed by atoms with van der Waals surface area (Å²) in [6.45, 7) is 9.06. The molecule has 2 rings (SSSR count). The number of hydrogen-bond donors (Lipinski definition) is 1. The second-order valence-electron chi connectivity index (χ2n) is 5.51. The first-order valence-electron chi connectivity index (χ1n) is 7.10. The van der Waals surface area contributed by atoms with E-state index in [1.807, 2.05) is 18.3 Å². The summed E-state index contributed by atoms with van der Waals surface area (Å²) in [5, 5.41) is 3.48. The van der Waals surface area contributed by atoms with Crippen molar-refractivity contribution in [2.75, 3.05) is 19.6 Å². The second kappa shape index (κ2) is 6.86. The second-order valence-corrected chi connectivity index (χ2v) is 5.51. The lowest BCUT2D eigenvalue weighted by molar-refractivity contribution is 0.130. The van der Waals surface area contributed by atoms with E-state index < -0.39 is 0 Å². The zero-order chi connectivity index (χ0) is 12.8. The Morgan fingerprint density at radius 1 is 1.39 bits per heavy atom. The first-order valence-corrected chi connectivity index (χ1v) is 7.10. The maximum atomic E-state index is 4.31. The van der Waals surface area contributed by atoms with Crippen molar-refractivity contribution in [3.05, 3.63) is 30.1 Å². The van der Waals surface area contributed by atoms with Crippen LogP contribution in [-0.2, 0) is 6.54 Å². The van der Waals surface area contributed by atoms with Crippen LogP contribution in [0.4, 0.5) is 0 Å². The molecule has 1 N–H and O–H groups in total. The van der Waals surface area contributed by atoms with Crippen molar-refractivity contribution in [3.8, 4) is 0 Å². The molecule has 1 fully saturated rings. The predicted molar refractivity (Wildman–Crippen MR) is 75.4 cm³/mol. The number of rotatable bonds is 5. The summed E-state index contributed by atoms with van der Waals surface area (Å²) < 4.78 is 0. The van der Waals surface area contributed by atoms with Crippen LogP contribution in [0.3, 0.4) is 0 Å². The van der Waals surface area contributed by atoms with E-state index in [0.29, 0.717) is 0 Å². The predicted octanol–water partition coefficient (Wildman–Crippen LogP) is 2.29. The fourth-order valence-corrected chi connectivity index (χ4v) is 2.73. The zero-order valence-electron chi connectivity index (χ0n) is 11.6. The van der Waals surface area contributed by atoms with Crippen LogP contribution in [0.15, 0.2) is 24.4 Å². The Labute approximate surface area is 111 Å². The van der Waals surface area contributed by atoms with Crippen LogP contribution in [0.1, 0.15) is 32.4 Å². The minimum atomic E-state index is 0.741. The third-order valence-electron chi connectivity index (χ3n) is 3.88. The van der Waals surface area contributed by atoms with Gasteiger partial charge in [-0.2, -0.15) is 0 Å². The van der Waals surface area contributed by atoms with E-state index in [4.69, 9.17) is 0 Å². The molecule has 1 aromatic heterocycles. The molecule has 0 bridgehead atoms. The minimum absolute atomic E-state index is 0.741. The molecule has 2 atom stereocenters. The highest BCUT2D eigenvalue weighted by Crippen LogP contribution is 2.21.